The number of rotatable bonds is 7. The number of ether oxygens (including phenoxy) is 2. The van der Waals surface area contributed by atoms with Crippen LogP contribution in [0.3, 0.4) is 0 Å². The molecule has 0 bridgehead atoms. The molecule has 11 aromatic rings. The molecule has 3 nitrogen and oxygen atoms in total. The molecule has 0 radical (unpaired) electrons. The molecule has 0 unspecified atom stereocenters. The Bertz CT molecular complexity index is 4980. The Kier molecular flexibility index (Phi) is 13.5. The van der Waals surface area contributed by atoms with Crippen molar-refractivity contribution in [1.82, 2.24) is 0 Å². The first kappa shape index (κ1) is 59.6. The van der Waals surface area contributed by atoms with Gasteiger partial charge in [0.1, 0.15) is 23.0 Å². The lowest BCUT2D eigenvalue weighted by Crippen LogP contribution is -2.36. The van der Waals surface area contributed by atoms with E-state index in [9.17, 15) is 0 Å². The van der Waals surface area contributed by atoms with E-state index in [1.54, 1.807) is 0 Å². The van der Waals surface area contributed by atoms with Crippen molar-refractivity contribution in [2.24, 2.45) is 0 Å². The van der Waals surface area contributed by atoms with Gasteiger partial charge in [0.05, 0.1) is 16.2 Å². The molecule has 2 heterocycles. The highest BCUT2D eigenvalue weighted by Crippen LogP contribution is 2.67. The van der Waals surface area contributed by atoms with Crippen LogP contribution >= 0.6 is 0 Å². The van der Waals surface area contributed by atoms with Gasteiger partial charge in [0.2, 0.25) is 0 Å². The smallest absolute Gasteiger partial charge is 0.132 e. The predicted octanol–water partition coefficient (Wildman–Crippen LogP) is 25.0. The molecule has 0 N–H and O–H groups in total. The second-order valence-electron chi connectivity index (χ2n) is 31.7. The lowest BCUT2D eigenvalue weighted by atomic mass is 9.63. The normalized spacial score (nSPS) is 17.9. The highest BCUT2D eigenvalue weighted by molar-refractivity contribution is 5.95. The van der Waals surface area contributed by atoms with Gasteiger partial charge in [-0.3, -0.25) is 0 Å². The van der Waals surface area contributed by atoms with Crippen LogP contribution in [0.5, 0.6) is 17.2 Å². The highest BCUT2D eigenvalue weighted by atomic mass is 16.5. The molecule has 2 aliphatic heterocycles. The number of anilines is 3. The number of nitrogens with zero attached hydrogens (tertiary/aromatic N) is 1. The van der Waals surface area contributed by atoms with Crippen LogP contribution < -0.4 is 14.4 Å². The molecule has 98 heavy (non-hydrogen) atoms. The Labute approximate surface area is 579 Å². The molecule has 11 aromatic carbocycles. The summed E-state index contributed by atoms with van der Waals surface area (Å²) in [5, 5.41) is 0. The summed E-state index contributed by atoms with van der Waals surface area (Å²) >= 11 is 0. The summed E-state index contributed by atoms with van der Waals surface area (Å²) in [4.78, 5) is 2.61. The second kappa shape index (κ2) is 22.2. The van der Waals surface area contributed by atoms with Gasteiger partial charge in [0.25, 0.3) is 0 Å². The molecule has 0 amide bonds. The van der Waals surface area contributed by atoms with Gasteiger partial charge in [-0.05, 0) is 210 Å². The molecular formula is C95H85NO2. The van der Waals surface area contributed by atoms with Crippen molar-refractivity contribution in [3.05, 3.63) is 344 Å². The predicted molar refractivity (Wildman–Crippen MR) is 403 cm³/mol. The summed E-state index contributed by atoms with van der Waals surface area (Å²) in [5.74, 6) is 4.87. The quantitative estimate of drug-likeness (QED) is 0.159. The van der Waals surface area contributed by atoms with Gasteiger partial charge in [-0.15, -0.1) is 0 Å². The summed E-state index contributed by atoms with van der Waals surface area (Å²) in [5.41, 5.74) is 29.6. The molecule has 0 atom stereocenters. The van der Waals surface area contributed by atoms with Crippen LogP contribution in [0.2, 0.25) is 0 Å². The van der Waals surface area contributed by atoms with E-state index < -0.39 is 16.2 Å². The van der Waals surface area contributed by atoms with Crippen LogP contribution in [0.1, 0.15) is 214 Å². The van der Waals surface area contributed by atoms with Crippen LogP contribution in [-0.4, -0.2) is 0 Å². The van der Waals surface area contributed by atoms with Crippen LogP contribution in [0, 0.1) is 0 Å². The zero-order valence-electron chi connectivity index (χ0n) is 57.6. The fourth-order valence-corrected chi connectivity index (χ4v) is 19.7. The van der Waals surface area contributed by atoms with Gasteiger partial charge < -0.3 is 14.4 Å². The minimum Gasteiger partial charge on any atom is -0.461 e. The number of allylic oxidation sites excluding steroid dienone is 4. The summed E-state index contributed by atoms with van der Waals surface area (Å²) in [7, 11) is 0. The molecule has 3 heteroatoms. The fourth-order valence-electron chi connectivity index (χ4n) is 19.7. The van der Waals surface area contributed by atoms with Crippen molar-refractivity contribution < 1.29 is 9.47 Å². The number of para-hydroxylation sites is 1. The van der Waals surface area contributed by atoms with Crippen LogP contribution in [-0.2, 0) is 27.1 Å². The minimum atomic E-state index is -0.704. The topological polar surface area (TPSA) is 21.7 Å². The Morgan fingerprint density at radius 3 is 1.31 bits per heavy atom. The molecule has 2 saturated carbocycles. The Morgan fingerprint density at radius 2 is 0.755 bits per heavy atom. The van der Waals surface area contributed by atoms with Crippen molar-refractivity contribution in [3.63, 3.8) is 0 Å². The van der Waals surface area contributed by atoms with Gasteiger partial charge in [0.15, 0.2) is 0 Å². The van der Waals surface area contributed by atoms with E-state index in [-0.39, 0.29) is 10.8 Å². The summed E-state index contributed by atoms with van der Waals surface area (Å²) in [6.45, 7) is 14.2. The Balaban J connectivity index is 0.911. The lowest BCUT2D eigenvalue weighted by molar-refractivity contribution is 0.364. The Morgan fingerprint density at radius 1 is 0.337 bits per heavy atom. The Hall–Kier alpha value is -9.70. The maximum Gasteiger partial charge on any atom is 0.132 e. The number of fused-ring (bicyclic) bond motifs is 20. The largest absolute Gasteiger partial charge is 0.461 e. The number of hydrogen-bond donors (Lipinski definition) is 0. The van der Waals surface area contributed by atoms with E-state index in [1.165, 1.54) is 181 Å². The summed E-state index contributed by atoms with van der Waals surface area (Å²) in [6.07, 6.45) is 19.3. The molecule has 2 spiro atoms. The SMILES string of the molecule is CC(C)(C)c1ccc2c(c1)C1(C3=C(CCC=C3)Oc3ccc(N(c4ccc5c(c4)C4(c6ccccc6O5)c5cc(C6CCCCC6)ccc5-c5ccc(C6CCCCC6)cc54)c4ccc5c(c4)C(c4ccccc4)(c4ccccc4)c4ccccc4-5)cc31)c1cc(C(C)(C)C)ccc1-2. The third-order valence-electron chi connectivity index (χ3n) is 24.4. The maximum absolute atomic E-state index is 7.45. The van der Waals surface area contributed by atoms with Gasteiger partial charge in [0, 0.05) is 45.7 Å². The lowest BCUT2D eigenvalue weighted by Gasteiger charge is -2.43. The van der Waals surface area contributed by atoms with Crippen LogP contribution in [0.4, 0.5) is 17.1 Å². The molecule has 8 aliphatic rings. The van der Waals surface area contributed by atoms with Crippen molar-refractivity contribution in [1.29, 1.82) is 0 Å². The van der Waals surface area contributed by atoms with Gasteiger partial charge in [-0.2, -0.15) is 0 Å². The monoisotopic (exact) mass is 1270 g/mol. The van der Waals surface area contributed by atoms with E-state index in [0.29, 0.717) is 11.8 Å². The van der Waals surface area contributed by atoms with Crippen molar-refractivity contribution >= 4 is 17.1 Å². The van der Waals surface area contributed by atoms with Gasteiger partial charge in [-0.1, -0.05) is 274 Å². The van der Waals surface area contributed by atoms with Crippen LogP contribution in [0.25, 0.3) is 33.4 Å². The average Bonchev–Trinajstić information content (AvgIpc) is 1.48. The van der Waals surface area contributed by atoms with Crippen molar-refractivity contribution in [2.45, 2.75) is 158 Å². The van der Waals surface area contributed by atoms with Gasteiger partial charge >= 0.3 is 0 Å². The standard InChI is InChI=1S/C95H85NO2/c1-91(2,3)66-41-48-74-75-49-42-67(92(4,5)6)56-83(75)95(82(74)55-66)79-36-22-24-38-88(79)98-90-52-45-70(59-86(90)95)96(68-43-50-76-71-33-19-20-34-77(71)93(84(76)57-68,64-29-15-9-16-30-64)65-31-17-10-18-32-65)69-44-51-89-85(58-69)94(78-35-21-23-37-87(78)97-89)80-53-62(60-25-11-7-12-26-60)39-46-72(80)73-47-40-63(54-81(73)94)61-27-13-8-14-28-61/h9-10,15-23,29-37,39-61H,7-8,11-14,24-28,38H2,1-6H3. The van der Waals surface area contributed by atoms with E-state index in [1.807, 2.05) is 0 Å². The van der Waals surface area contributed by atoms with Crippen LogP contribution in [0.15, 0.2) is 260 Å². The minimum absolute atomic E-state index is 0.0982. The van der Waals surface area contributed by atoms with Crippen molar-refractivity contribution in [2.75, 3.05) is 4.90 Å². The fraction of sp³-hybridized carbons (Fsp3) is 0.263. The molecule has 2 fully saturated rings. The summed E-state index contributed by atoms with van der Waals surface area (Å²) in [6, 6.07) is 92.8. The third kappa shape index (κ3) is 8.59. The number of benzene rings is 11. The number of hydrogen-bond acceptors (Lipinski definition) is 3. The summed E-state index contributed by atoms with van der Waals surface area (Å²) < 4.78 is 14.9. The first-order valence-corrected chi connectivity index (χ1v) is 36.7. The molecule has 0 saturated heterocycles. The molecule has 482 valence electrons. The van der Waals surface area contributed by atoms with E-state index in [2.05, 4.69) is 295 Å². The first-order chi connectivity index (χ1) is 47.8. The molecule has 0 aromatic heterocycles. The van der Waals surface area contributed by atoms with E-state index in [4.69, 9.17) is 9.47 Å². The zero-order valence-corrected chi connectivity index (χ0v) is 57.6. The third-order valence-corrected chi connectivity index (χ3v) is 24.4. The zero-order chi connectivity index (χ0) is 65.9. The highest BCUT2D eigenvalue weighted by Gasteiger charge is 2.55. The van der Waals surface area contributed by atoms with Crippen molar-refractivity contribution in [3.8, 4) is 50.6 Å². The van der Waals surface area contributed by atoms with E-state index in [0.717, 1.165) is 58.5 Å². The second-order valence-corrected chi connectivity index (χ2v) is 31.7. The average molecular weight is 1270 g/mol. The van der Waals surface area contributed by atoms with E-state index >= 15 is 0 Å². The molecule has 6 aliphatic carbocycles. The van der Waals surface area contributed by atoms with Gasteiger partial charge in [-0.25, -0.2) is 0 Å². The molecular weight excluding hydrogens is 1190 g/mol. The molecule has 19 rings (SSSR count). The first-order valence-electron chi connectivity index (χ1n) is 36.7. The maximum atomic E-state index is 7.45.